The van der Waals surface area contributed by atoms with E-state index in [9.17, 15) is 8.42 Å². The molecule has 0 saturated carbocycles. The fourth-order valence-electron chi connectivity index (χ4n) is 3.56. The minimum absolute atomic E-state index is 0.238. The highest BCUT2D eigenvalue weighted by Gasteiger charge is 2.39. The van der Waals surface area contributed by atoms with Crippen molar-refractivity contribution in [2.45, 2.75) is 51.5 Å². The Labute approximate surface area is 137 Å². The zero-order valence-electron chi connectivity index (χ0n) is 14.0. The molecule has 2 heterocycles. The third-order valence-corrected chi connectivity index (χ3v) is 6.58. The van der Waals surface area contributed by atoms with E-state index in [0.717, 1.165) is 29.5 Å². The molecule has 23 heavy (non-hydrogen) atoms. The zero-order valence-corrected chi connectivity index (χ0v) is 14.8. The topological polar surface area (TPSA) is 63.4 Å². The molecule has 2 aromatic rings. The molecule has 1 saturated heterocycles. The molecule has 6 heteroatoms. The Hall–Kier alpha value is -1.66. The van der Waals surface area contributed by atoms with Gasteiger partial charge in [0.1, 0.15) is 11.5 Å². The lowest BCUT2D eigenvalue weighted by atomic mass is 10.1. The van der Waals surface area contributed by atoms with Gasteiger partial charge in [-0.3, -0.25) is 0 Å². The zero-order chi connectivity index (χ0) is 16.8. The van der Waals surface area contributed by atoms with Crippen molar-refractivity contribution in [3.8, 4) is 0 Å². The van der Waals surface area contributed by atoms with Crippen LogP contribution in [-0.4, -0.2) is 24.4 Å². The molecule has 0 bridgehead atoms. The lowest BCUT2D eigenvalue weighted by molar-refractivity contribution is 0.349. The number of aromatic nitrogens is 1. The highest BCUT2D eigenvalue weighted by molar-refractivity contribution is 7.89. The molecule has 124 valence electrons. The minimum atomic E-state index is -3.55. The molecule has 1 unspecified atom stereocenters. The molecular formula is C17H22N2O3S. The van der Waals surface area contributed by atoms with Crippen molar-refractivity contribution in [3.05, 3.63) is 46.3 Å². The van der Waals surface area contributed by atoms with Gasteiger partial charge in [0.05, 0.1) is 10.9 Å². The van der Waals surface area contributed by atoms with E-state index in [1.807, 2.05) is 45.9 Å². The lowest BCUT2D eigenvalue weighted by Gasteiger charge is -2.24. The van der Waals surface area contributed by atoms with E-state index < -0.39 is 10.0 Å². The van der Waals surface area contributed by atoms with Crippen LogP contribution in [0.15, 0.2) is 27.6 Å². The predicted molar refractivity (Wildman–Crippen MR) is 87.8 cm³/mol. The van der Waals surface area contributed by atoms with E-state index in [-0.39, 0.29) is 6.04 Å². The second-order valence-electron chi connectivity index (χ2n) is 6.36. The van der Waals surface area contributed by atoms with E-state index in [1.165, 1.54) is 0 Å². The summed E-state index contributed by atoms with van der Waals surface area (Å²) in [6.07, 6.45) is 1.61. The van der Waals surface area contributed by atoms with Crippen molar-refractivity contribution in [1.82, 2.24) is 9.46 Å². The molecule has 1 fully saturated rings. The first-order valence-electron chi connectivity index (χ1n) is 7.83. The molecule has 5 nitrogen and oxygen atoms in total. The van der Waals surface area contributed by atoms with Gasteiger partial charge in [0.15, 0.2) is 0 Å². The van der Waals surface area contributed by atoms with Gasteiger partial charge in [-0.05, 0) is 51.7 Å². The Kier molecular flexibility index (Phi) is 4.06. The molecule has 0 aliphatic carbocycles. The number of aryl methyl sites for hydroxylation is 4. The summed E-state index contributed by atoms with van der Waals surface area (Å²) in [4.78, 5) is 0.426. The molecule has 0 spiro atoms. The second-order valence-corrected chi connectivity index (χ2v) is 8.19. The van der Waals surface area contributed by atoms with E-state index in [4.69, 9.17) is 4.52 Å². The molecular weight excluding hydrogens is 312 g/mol. The van der Waals surface area contributed by atoms with Crippen LogP contribution in [0.25, 0.3) is 0 Å². The Morgan fingerprint density at radius 3 is 2.35 bits per heavy atom. The summed E-state index contributed by atoms with van der Waals surface area (Å²) in [7, 11) is -3.55. The maximum Gasteiger partial charge on any atom is 0.244 e. The summed E-state index contributed by atoms with van der Waals surface area (Å²) in [5.41, 5.74) is 3.36. The quantitative estimate of drug-likeness (QED) is 0.862. The predicted octanol–water partition coefficient (Wildman–Crippen LogP) is 3.43. The SMILES string of the molecule is Cc1cc(C)c(S(=O)(=O)N2CCCC2c2cc(C)on2)c(C)c1. The smallest absolute Gasteiger partial charge is 0.244 e. The van der Waals surface area contributed by atoms with Crippen LogP contribution >= 0.6 is 0 Å². The van der Waals surface area contributed by atoms with Crippen LogP contribution in [0.3, 0.4) is 0 Å². The van der Waals surface area contributed by atoms with Crippen molar-refractivity contribution in [3.63, 3.8) is 0 Å². The van der Waals surface area contributed by atoms with E-state index in [1.54, 1.807) is 4.31 Å². The number of hydrogen-bond acceptors (Lipinski definition) is 4. The van der Waals surface area contributed by atoms with E-state index in [2.05, 4.69) is 5.16 Å². The van der Waals surface area contributed by atoms with Crippen LogP contribution in [0.5, 0.6) is 0 Å². The van der Waals surface area contributed by atoms with Gasteiger partial charge < -0.3 is 4.52 Å². The average Bonchev–Trinajstić information content (AvgIpc) is 3.05. The Morgan fingerprint density at radius 1 is 1.13 bits per heavy atom. The lowest BCUT2D eigenvalue weighted by Crippen LogP contribution is -2.32. The van der Waals surface area contributed by atoms with Crippen LogP contribution < -0.4 is 0 Å². The first-order valence-corrected chi connectivity index (χ1v) is 9.27. The fourth-order valence-corrected chi connectivity index (χ4v) is 5.64. The van der Waals surface area contributed by atoms with E-state index >= 15 is 0 Å². The standard InChI is InChI=1S/C17H22N2O3S/c1-11-8-12(2)17(13(3)9-11)23(20,21)19-7-5-6-16(19)15-10-14(4)22-18-15/h8-10,16H,5-7H2,1-4H3. The largest absolute Gasteiger partial charge is 0.361 e. The van der Waals surface area contributed by atoms with Crippen LogP contribution in [0.4, 0.5) is 0 Å². The Bertz CT molecular complexity index is 816. The molecule has 1 aromatic heterocycles. The Morgan fingerprint density at radius 2 is 1.78 bits per heavy atom. The summed E-state index contributed by atoms with van der Waals surface area (Å²) in [5, 5.41) is 4.03. The summed E-state index contributed by atoms with van der Waals surface area (Å²) in [5.74, 6) is 0.701. The van der Waals surface area contributed by atoms with Gasteiger partial charge in [-0.15, -0.1) is 0 Å². The van der Waals surface area contributed by atoms with Crippen molar-refractivity contribution in [2.75, 3.05) is 6.54 Å². The van der Waals surface area contributed by atoms with Gasteiger partial charge in [0.2, 0.25) is 10.0 Å². The number of rotatable bonds is 3. The van der Waals surface area contributed by atoms with Crippen LogP contribution in [0.1, 0.15) is 47.0 Å². The highest BCUT2D eigenvalue weighted by atomic mass is 32.2. The average molecular weight is 334 g/mol. The van der Waals surface area contributed by atoms with Gasteiger partial charge in [0, 0.05) is 12.6 Å². The minimum Gasteiger partial charge on any atom is -0.361 e. The fraction of sp³-hybridized carbons (Fsp3) is 0.471. The third-order valence-electron chi connectivity index (χ3n) is 4.36. The van der Waals surface area contributed by atoms with Gasteiger partial charge in [-0.25, -0.2) is 8.42 Å². The van der Waals surface area contributed by atoms with Crippen LogP contribution in [0.2, 0.25) is 0 Å². The first-order chi connectivity index (χ1) is 10.8. The van der Waals surface area contributed by atoms with Crippen LogP contribution in [0, 0.1) is 27.7 Å². The van der Waals surface area contributed by atoms with E-state index in [0.29, 0.717) is 22.9 Å². The molecule has 1 atom stereocenters. The van der Waals surface area contributed by atoms with Crippen LogP contribution in [-0.2, 0) is 10.0 Å². The van der Waals surface area contributed by atoms with Crippen molar-refractivity contribution in [1.29, 1.82) is 0 Å². The van der Waals surface area contributed by atoms with Gasteiger partial charge in [-0.1, -0.05) is 22.9 Å². The highest BCUT2D eigenvalue weighted by Crippen LogP contribution is 2.37. The molecule has 1 aliphatic rings. The second kappa shape index (κ2) is 5.76. The van der Waals surface area contributed by atoms with Crippen molar-refractivity contribution in [2.24, 2.45) is 0 Å². The molecule has 0 amide bonds. The first kappa shape index (κ1) is 16.2. The number of benzene rings is 1. The molecule has 0 N–H and O–H groups in total. The number of sulfonamides is 1. The molecule has 3 rings (SSSR count). The summed E-state index contributed by atoms with van der Waals surface area (Å²) >= 11 is 0. The Balaban J connectivity index is 2.06. The molecule has 1 aromatic carbocycles. The van der Waals surface area contributed by atoms with Crippen molar-refractivity contribution < 1.29 is 12.9 Å². The van der Waals surface area contributed by atoms with Gasteiger partial charge >= 0.3 is 0 Å². The summed E-state index contributed by atoms with van der Waals surface area (Å²) < 4.78 is 33.2. The maximum absolute atomic E-state index is 13.2. The van der Waals surface area contributed by atoms with Gasteiger partial charge in [0.25, 0.3) is 0 Å². The number of nitrogens with zero attached hydrogens (tertiary/aromatic N) is 2. The maximum atomic E-state index is 13.2. The van der Waals surface area contributed by atoms with Crippen molar-refractivity contribution >= 4 is 10.0 Å². The summed E-state index contributed by atoms with van der Waals surface area (Å²) in [6.45, 7) is 8.04. The monoisotopic (exact) mass is 334 g/mol. The molecule has 0 radical (unpaired) electrons. The third kappa shape index (κ3) is 2.81. The van der Waals surface area contributed by atoms with Gasteiger partial charge in [-0.2, -0.15) is 4.31 Å². The molecule has 1 aliphatic heterocycles. The normalized spacial score (nSPS) is 19.4. The number of hydrogen-bond donors (Lipinski definition) is 0. The summed E-state index contributed by atoms with van der Waals surface area (Å²) in [6, 6.07) is 5.43.